The molecule has 72 valence electrons. The summed E-state index contributed by atoms with van der Waals surface area (Å²) in [7, 11) is -1.46. The van der Waals surface area contributed by atoms with Crippen LogP contribution in [0.3, 0.4) is 0 Å². The van der Waals surface area contributed by atoms with Crippen LogP contribution in [0.25, 0.3) is 0 Å². The van der Waals surface area contributed by atoms with Gasteiger partial charge in [0.05, 0.1) is 6.54 Å². The third-order valence-corrected chi connectivity index (χ3v) is 2.35. The van der Waals surface area contributed by atoms with Crippen LogP contribution in [0.4, 0.5) is 0 Å². The molecule has 0 unspecified atom stereocenters. The highest BCUT2D eigenvalue weighted by Crippen LogP contribution is 2.12. The van der Waals surface area contributed by atoms with E-state index in [1.165, 1.54) is 0 Å². The summed E-state index contributed by atoms with van der Waals surface area (Å²) in [6.07, 6.45) is 7.93. The van der Waals surface area contributed by atoms with Crippen molar-refractivity contribution >= 4 is 8.32 Å². The van der Waals surface area contributed by atoms with Crippen LogP contribution in [-0.4, -0.2) is 19.9 Å². The van der Waals surface area contributed by atoms with Gasteiger partial charge in [0.15, 0.2) is 0 Å². The van der Waals surface area contributed by atoms with Gasteiger partial charge in [-0.15, -0.1) is 0 Å². The molecule has 0 radical (unpaired) electrons. The molecule has 0 N–H and O–H groups in total. The zero-order chi connectivity index (χ0) is 9.90. The third kappa shape index (κ3) is 3.61. The minimum Gasteiger partial charge on any atom is -0.320 e. The summed E-state index contributed by atoms with van der Waals surface area (Å²) in [5, 5.41) is 1.89. The van der Waals surface area contributed by atoms with E-state index in [-0.39, 0.29) is 0 Å². The van der Waals surface area contributed by atoms with E-state index in [0.29, 0.717) is 0 Å². The average molecular weight is 195 g/mol. The lowest BCUT2D eigenvalue weighted by Crippen LogP contribution is -2.35. The normalized spacial score (nSPS) is 17.2. The van der Waals surface area contributed by atoms with Crippen LogP contribution in [0.5, 0.6) is 0 Å². The molecule has 0 aromatic heterocycles. The molecule has 1 aliphatic rings. The van der Waals surface area contributed by atoms with Gasteiger partial charge in [0, 0.05) is 6.20 Å². The van der Waals surface area contributed by atoms with E-state index < -0.39 is 8.32 Å². The zero-order valence-electron chi connectivity index (χ0n) is 8.58. The molecule has 0 saturated heterocycles. The lowest BCUT2D eigenvalue weighted by Gasteiger charge is -2.28. The molecule has 1 rings (SSSR count). The van der Waals surface area contributed by atoms with Crippen LogP contribution in [0.15, 0.2) is 36.6 Å². The van der Waals surface area contributed by atoms with Crippen molar-refractivity contribution in [3.63, 3.8) is 0 Å². The second-order valence-corrected chi connectivity index (χ2v) is 8.43. The Morgan fingerprint density at radius 2 is 2.23 bits per heavy atom. The summed E-state index contributed by atoms with van der Waals surface area (Å²) < 4.78 is 5.78. The molecule has 13 heavy (non-hydrogen) atoms. The first-order valence-electron chi connectivity index (χ1n) is 4.48. The van der Waals surface area contributed by atoms with Gasteiger partial charge in [-0.05, 0) is 31.3 Å². The Labute approximate surface area is 81.3 Å². The molecule has 0 aromatic carbocycles. The molecular formula is C10H17NOSi. The summed E-state index contributed by atoms with van der Waals surface area (Å²) in [5.41, 5.74) is 1.16. The molecule has 0 aliphatic carbocycles. The van der Waals surface area contributed by atoms with Gasteiger partial charge in [-0.2, -0.15) is 0 Å². The molecular weight excluding hydrogens is 178 g/mol. The van der Waals surface area contributed by atoms with Crippen molar-refractivity contribution in [2.75, 3.05) is 6.54 Å². The highest BCUT2D eigenvalue weighted by atomic mass is 28.4. The van der Waals surface area contributed by atoms with Crippen LogP contribution in [0.1, 0.15) is 0 Å². The van der Waals surface area contributed by atoms with E-state index in [9.17, 15) is 0 Å². The molecule has 0 fully saturated rings. The maximum absolute atomic E-state index is 5.78. The van der Waals surface area contributed by atoms with Gasteiger partial charge in [-0.25, -0.2) is 0 Å². The van der Waals surface area contributed by atoms with Gasteiger partial charge in [0.25, 0.3) is 0 Å². The van der Waals surface area contributed by atoms with Gasteiger partial charge in [-0.3, -0.25) is 5.06 Å². The van der Waals surface area contributed by atoms with Crippen LogP contribution >= 0.6 is 0 Å². The van der Waals surface area contributed by atoms with E-state index in [1.54, 1.807) is 0 Å². The van der Waals surface area contributed by atoms with Crippen LogP contribution in [-0.2, 0) is 4.53 Å². The molecule has 0 saturated carbocycles. The molecule has 2 nitrogen and oxygen atoms in total. The summed E-state index contributed by atoms with van der Waals surface area (Å²) >= 11 is 0. The molecule has 1 heterocycles. The summed E-state index contributed by atoms with van der Waals surface area (Å²) in [4.78, 5) is 0. The first-order chi connectivity index (χ1) is 6.01. The van der Waals surface area contributed by atoms with Gasteiger partial charge >= 0.3 is 0 Å². The Hall–Kier alpha value is -0.803. The summed E-state index contributed by atoms with van der Waals surface area (Å²) in [6.45, 7) is 11.1. The Balaban J connectivity index is 2.48. The SMILES string of the molecule is C=CC1=CCN(O[Si](C)(C)C)C=C1. The first-order valence-corrected chi connectivity index (χ1v) is 7.89. The molecule has 3 heteroatoms. The second-order valence-electron chi connectivity index (χ2n) is 4.03. The number of hydroxylamine groups is 2. The summed E-state index contributed by atoms with van der Waals surface area (Å²) in [6, 6.07) is 0. The van der Waals surface area contributed by atoms with Crippen LogP contribution < -0.4 is 0 Å². The second kappa shape index (κ2) is 3.94. The van der Waals surface area contributed by atoms with Gasteiger partial charge < -0.3 is 4.53 Å². The molecule has 0 aromatic rings. The maximum atomic E-state index is 5.78. The Kier molecular flexibility index (Phi) is 3.11. The molecule has 1 aliphatic heterocycles. The quantitative estimate of drug-likeness (QED) is 0.642. The minimum absolute atomic E-state index is 0.822. The predicted octanol–water partition coefficient (Wildman–Crippen LogP) is 2.69. The highest BCUT2D eigenvalue weighted by molar-refractivity contribution is 6.69. The summed E-state index contributed by atoms with van der Waals surface area (Å²) in [5.74, 6) is 0. The number of hydrogen-bond donors (Lipinski definition) is 0. The lowest BCUT2D eigenvalue weighted by atomic mass is 10.2. The fourth-order valence-corrected chi connectivity index (χ4v) is 1.90. The Morgan fingerprint density at radius 3 is 2.62 bits per heavy atom. The minimum atomic E-state index is -1.46. The van der Waals surface area contributed by atoms with E-state index >= 15 is 0 Å². The topological polar surface area (TPSA) is 12.5 Å². The highest BCUT2D eigenvalue weighted by Gasteiger charge is 2.18. The zero-order valence-corrected chi connectivity index (χ0v) is 9.58. The standard InChI is InChI=1S/C10H17NOSi/c1-5-10-6-8-11(9-7-10)12-13(2,3)4/h5-8H,1,9H2,2-4H3. The molecule has 0 spiro atoms. The monoisotopic (exact) mass is 195 g/mol. The van der Waals surface area contributed by atoms with Crippen LogP contribution in [0.2, 0.25) is 19.6 Å². The van der Waals surface area contributed by atoms with Gasteiger partial charge in [0.2, 0.25) is 8.32 Å². The smallest absolute Gasteiger partial charge is 0.220 e. The lowest BCUT2D eigenvalue weighted by molar-refractivity contribution is -0.00662. The number of hydrogen-bond acceptors (Lipinski definition) is 2. The van der Waals surface area contributed by atoms with Crippen molar-refractivity contribution in [3.05, 3.63) is 36.6 Å². The van der Waals surface area contributed by atoms with Crippen molar-refractivity contribution in [2.45, 2.75) is 19.6 Å². The fraction of sp³-hybridized carbons (Fsp3) is 0.400. The number of rotatable bonds is 3. The molecule has 0 amide bonds. The Bertz CT molecular complexity index is 250. The average Bonchev–Trinajstić information content (AvgIpc) is 2.03. The van der Waals surface area contributed by atoms with E-state index in [0.717, 1.165) is 12.1 Å². The van der Waals surface area contributed by atoms with Crippen molar-refractivity contribution in [3.8, 4) is 0 Å². The van der Waals surface area contributed by atoms with Crippen molar-refractivity contribution in [2.24, 2.45) is 0 Å². The predicted molar refractivity (Wildman–Crippen MR) is 58.6 cm³/mol. The fourth-order valence-electron chi connectivity index (χ4n) is 1.06. The van der Waals surface area contributed by atoms with E-state index in [4.69, 9.17) is 4.53 Å². The van der Waals surface area contributed by atoms with E-state index in [2.05, 4.69) is 32.3 Å². The maximum Gasteiger partial charge on any atom is 0.220 e. The molecule has 0 atom stereocenters. The first kappa shape index (κ1) is 10.3. The molecule has 0 bridgehead atoms. The number of allylic oxidation sites excluding steroid dienone is 3. The van der Waals surface area contributed by atoms with Crippen molar-refractivity contribution in [1.82, 2.24) is 5.06 Å². The van der Waals surface area contributed by atoms with Crippen LogP contribution in [0, 0.1) is 0 Å². The van der Waals surface area contributed by atoms with Crippen molar-refractivity contribution < 1.29 is 4.53 Å². The largest absolute Gasteiger partial charge is 0.320 e. The van der Waals surface area contributed by atoms with Crippen molar-refractivity contribution in [1.29, 1.82) is 0 Å². The Morgan fingerprint density at radius 1 is 1.54 bits per heavy atom. The number of nitrogens with zero attached hydrogens (tertiary/aromatic N) is 1. The third-order valence-electron chi connectivity index (χ3n) is 1.57. The van der Waals surface area contributed by atoms with Gasteiger partial charge in [0.1, 0.15) is 0 Å². The van der Waals surface area contributed by atoms with Gasteiger partial charge in [-0.1, -0.05) is 18.7 Å². The van der Waals surface area contributed by atoms with E-state index in [1.807, 2.05) is 23.4 Å².